The monoisotopic (exact) mass is 220 g/mol. The van der Waals surface area contributed by atoms with Crippen LogP contribution in [0.5, 0.6) is 0 Å². The predicted molar refractivity (Wildman–Crippen MR) is 69.2 cm³/mol. The van der Waals surface area contributed by atoms with Crippen molar-refractivity contribution in [1.82, 2.24) is 4.98 Å². The van der Waals surface area contributed by atoms with Gasteiger partial charge in [-0.3, -0.25) is 4.98 Å². The lowest BCUT2D eigenvalue weighted by molar-refractivity contribution is 0.343. The van der Waals surface area contributed by atoms with Crippen LogP contribution in [0, 0.1) is 5.41 Å². The van der Waals surface area contributed by atoms with Crippen molar-refractivity contribution in [2.45, 2.75) is 52.5 Å². The van der Waals surface area contributed by atoms with Crippen molar-refractivity contribution in [3.05, 3.63) is 30.1 Å². The van der Waals surface area contributed by atoms with Gasteiger partial charge in [0.05, 0.1) is 0 Å². The summed E-state index contributed by atoms with van der Waals surface area (Å²) in [6.07, 6.45) is 8.14. The molecule has 1 aromatic rings. The molecule has 0 saturated heterocycles. The third kappa shape index (κ3) is 5.86. The van der Waals surface area contributed by atoms with Crippen molar-refractivity contribution in [2.24, 2.45) is 11.1 Å². The summed E-state index contributed by atoms with van der Waals surface area (Å²) in [5.74, 6) is 0. The SMILES string of the molecule is CC(C)(C)CCC(N)CCc1cccnc1. The van der Waals surface area contributed by atoms with Gasteiger partial charge in [0.15, 0.2) is 0 Å². The molecule has 0 bridgehead atoms. The van der Waals surface area contributed by atoms with Crippen molar-refractivity contribution in [2.75, 3.05) is 0 Å². The number of rotatable bonds is 5. The number of hydrogen-bond acceptors (Lipinski definition) is 2. The molecule has 16 heavy (non-hydrogen) atoms. The zero-order valence-electron chi connectivity index (χ0n) is 10.7. The highest BCUT2D eigenvalue weighted by atomic mass is 14.6. The Hall–Kier alpha value is -0.890. The summed E-state index contributed by atoms with van der Waals surface area (Å²) in [7, 11) is 0. The molecule has 2 heteroatoms. The van der Waals surface area contributed by atoms with Crippen LogP contribution in [0.2, 0.25) is 0 Å². The maximum absolute atomic E-state index is 6.11. The first-order valence-corrected chi connectivity index (χ1v) is 6.12. The van der Waals surface area contributed by atoms with E-state index in [1.54, 1.807) is 0 Å². The molecule has 0 radical (unpaired) electrons. The molecule has 90 valence electrons. The summed E-state index contributed by atoms with van der Waals surface area (Å²) < 4.78 is 0. The normalized spacial score (nSPS) is 13.8. The van der Waals surface area contributed by atoms with E-state index in [0.29, 0.717) is 11.5 Å². The minimum absolute atomic E-state index is 0.319. The van der Waals surface area contributed by atoms with Gasteiger partial charge < -0.3 is 5.73 Å². The highest BCUT2D eigenvalue weighted by Gasteiger charge is 2.12. The largest absolute Gasteiger partial charge is 0.328 e. The number of nitrogens with zero attached hydrogens (tertiary/aromatic N) is 1. The molecule has 1 rings (SSSR count). The van der Waals surface area contributed by atoms with E-state index in [9.17, 15) is 0 Å². The molecule has 2 nitrogen and oxygen atoms in total. The summed E-state index contributed by atoms with van der Waals surface area (Å²) >= 11 is 0. The second-order valence-electron chi connectivity index (χ2n) is 5.76. The lowest BCUT2D eigenvalue weighted by Crippen LogP contribution is -2.23. The van der Waals surface area contributed by atoms with Crippen molar-refractivity contribution in [3.8, 4) is 0 Å². The zero-order valence-corrected chi connectivity index (χ0v) is 10.7. The minimum atomic E-state index is 0.319. The average Bonchev–Trinajstić information content (AvgIpc) is 2.24. The molecule has 1 aromatic heterocycles. The van der Waals surface area contributed by atoms with Gasteiger partial charge in [0, 0.05) is 18.4 Å². The van der Waals surface area contributed by atoms with E-state index in [-0.39, 0.29) is 0 Å². The third-order valence-corrected chi connectivity index (χ3v) is 2.79. The van der Waals surface area contributed by atoms with Crippen LogP contribution in [0.15, 0.2) is 24.5 Å². The fourth-order valence-corrected chi connectivity index (χ4v) is 1.66. The Morgan fingerprint density at radius 1 is 1.31 bits per heavy atom. The highest BCUT2D eigenvalue weighted by molar-refractivity contribution is 5.08. The molecule has 0 aromatic carbocycles. The predicted octanol–water partition coefficient (Wildman–Crippen LogP) is 3.17. The van der Waals surface area contributed by atoms with E-state index < -0.39 is 0 Å². The lowest BCUT2D eigenvalue weighted by atomic mass is 9.88. The number of aromatic nitrogens is 1. The van der Waals surface area contributed by atoms with Crippen molar-refractivity contribution in [3.63, 3.8) is 0 Å². The molecule has 0 spiro atoms. The maximum atomic E-state index is 6.11. The number of pyridine rings is 1. The molecule has 1 unspecified atom stereocenters. The van der Waals surface area contributed by atoms with Crippen LogP contribution in [0.4, 0.5) is 0 Å². The Morgan fingerprint density at radius 3 is 2.62 bits per heavy atom. The first-order valence-electron chi connectivity index (χ1n) is 6.12. The number of hydrogen-bond donors (Lipinski definition) is 1. The summed E-state index contributed by atoms with van der Waals surface area (Å²) in [5.41, 5.74) is 7.79. The number of aryl methyl sites for hydroxylation is 1. The first kappa shape index (κ1) is 13.2. The van der Waals surface area contributed by atoms with Crippen molar-refractivity contribution < 1.29 is 0 Å². The average molecular weight is 220 g/mol. The van der Waals surface area contributed by atoms with Crippen molar-refractivity contribution in [1.29, 1.82) is 0 Å². The Bertz CT molecular complexity index is 287. The molecule has 1 heterocycles. The fourth-order valence-electron chi connectivity index (χ4n) is 1.66. The fraction of sp³-hybridized carbons (Fsp3) is 0.643. The number of nitrogens with two attached hydrogens (primary N) is 1. The summed E-state index contributed by atoms with van der Waals surface area (Å²) in [6, 6.07) is 4.42. The molecule has 0 aliphatic carbocycles. The molecule has 0 saturated carbocycles. The van der Waals surface area contributed by atoms with Gasteiger partial charge in [-0.2, -0.15) is 0 Å². The maximum Gasteiger partial charge on any atom is 0.0299 e. The summed E-state index contributed by atoms with van der Waals surface area (Å²) in [4.78, 5) is 4.11. The van der Waals surface area contributed by atoms with Gasteiger partial charge in [-0.05, 0) is 42.7 Å². The van der Waals surface area contributed by atoms with E-state index in [0.717, 1.165) is 19.3 Å². The third-order valence-electron chi connectivity index (χ3n) is 2.79. The van der Waals surface area contributed by atoms with Gasteiger partial charge in [0.25, 0.3) is 0 Å². The molecular weight excluding hydrogens is 196 g/mol. The highest BCUT2D eigenvalue weighted by Crippen LogP contribution is 2.22. The summed E-state index contributed by atoms with van der Waals surface area (Å²) in [6.45, 7) is 6.79. The molecular formula is C14H24N2. The van der Waals surface area contributed by atoms with Gasteiger partial charge in [-0.15, -0.1) is 0 Å². The van der Waals surface area contributed by atoms with Crippen molar-refractivity contribution >= 4 is 0 Å². The first-order chi connectivity index (χ1) is 7.47. The van der Waals surface area contributed by atoms with Gasteiger partial charge in [-0.25, -0.2) is 0 Å². The minimum Gasteiger partial charge on any atom is -0.328 e. The molecule has 0 aliphatic rings. The smallest absolute Gasteiger partial charge is 0.0299 e. The van der Waals surface area contributed by atoms with Gasteiger partial charge in [0.1, 0.15) is 0 Å². The van der Waals surface area contributed by atoms with Crippen LogP contribution in [-0.2, 0) is 6.42 Å². The van der Waals surface area contributed by atoms with E-state index in [2.05, 4.69) is 31.8 Å². The van der Waals surface area contributed by atoms with Gasteiger partial charge >= 0.3 is 0 Å². The quantitative estimate of drug-likeness (QED) is 0.827. The standard InChI is InChI=1S/C14H24N2/c1-14(2,3)9-8-13(15)7-6-12-5-4-10-16-11-12/h4-5,10-11,13H,6-9,15H2,1-3H3. The van der Waals surface area contributed by atoms with Crippen LogP contribution < -0.4 is 5.73 Å². The van der Waals surface area contributed by atoms with E-state index in [1.165, 1.54) is 12.0 Å². The van der Waals surface area contributed by atoms with E-state index >= 15 is 0 Å². The van der Waals surface area contributed by atoms with Gasteiger partial charge in [0.2, 0.25) is 0 Å². The molecule has 2 N–H and O–H groups in total. The summed E-state index contributed by atoms with van der Waals surface area (Å²) in [5, 5.41) is 0. The van der Waals surface area contributed by atoms with Crippen LogP contribution in [0.25, 0.3) is 0 Å². The molecule has 1 atom stereocenters. The second-order valence-corrected chi connectivity index (χ2v) is 5.76. The Kier molecular flexibility index (Phi) is 4.94. The van der Waals surface area contributed by atoms with Crippen LogP contribution in [0.3, 0.4) is 0 Å². The van der Waals surface area contributed by atoms with Crippen LogP contribution >= 0.6 is 0 Å². The molecule has 0 aliphatic heterocycles. The van der Waals surface area contributed by atoms with Crippen LogP contribution in [0.1, 0.15) is 45.6 Å². The Balaban J connectivity index is 2.23. The Labute approximate surface area is 99.3 Å². The van der Waals surface area contributed by atoms with Crippen LogP contribution in [-0.4, -0.2) is 11.0 Å². The van der Waals surface area contributed by atoms with E-state index in [4.69, 9.17) is 5.73 Å². The molecule has 0 amide bonds. The lowest BCUT2D eigenvalue weighted by Gasteiger charge is -2.20. The van der Waals surface area contributed by atoms with Gasteiger partial charge in [-0.1, -0.05) is 26.8 Å². The zero-order chi connectivity index (χ0) is 12.0. The second kappa shape index (κ2) is 6.00. The Morgan fingerprint density at radius 2 is 2.06 bits per heavy atom. The van der Waals surface area contributed by atoms with E-state index in [1.807, 2.05) is 18.5 Å². The topological polar surface area (TPSA) is 38.9 Å². The molecule has 0 fully saturated rings.